The van der Waals surface area contributed by atoms with Gasteiger partial charge in [-0.3, -0.25) is 4.70 Å². The third-order valence-electron chi connectivity index (χ3n) is 4.26. The minimum atomic E-state index is 0. The summed E-state index contributed by atoms with van der Waals surface area (Å²) in [5.41, 5.74) is 3.17. The van der Waals surface area contributed by atoms with E-state index in [1.165, 1.54) is 47.2 Å². The molecule has 0 nitrogen and oxygen atoms in total. The van der Waals surface area contributed by atoms with Crippen molar-refractivity contribution in [2.24, 2.45) is 0 Å². The highest BCUT2D eigenvalue weighted by molar-refractivity contribution is 6.08. The van der Waals surface area contributed by atoms with Crippen LogP contribution in [-0.4, -0.2) is 0 Å². The summed E-state index contributed by atoms with van der Waals surface area (Å²) in [5, 5.41) is 5.64. The quantitative estimate of drug-likeness (QED) is 0.492. The molecular formula is C18H17F. The molecule has 3 aromatic rings. The van der Waals surface area contributed by atoms with Gasteiger partial charge in [0.2, 0.25) is 0 Å². The molecule has 0 N–H and O–H groups in total. The lowest BCUT2D eigenvalue weighted by Gasteiger charge is -2.18. The molecule has 0 heterocycles. The van der Waals surface area contributed by atoms with Crippen molar-refractivity contribution in [2.75, 3.05) is 0 Å². The van der Waals surface area contributed by atoms with Crippen LogP contribution < -0.4 is 0 Å². The normalized spacial score (nSPS) is 14.1. The molecule has 0 spiro atoms. The molecule has 0 unspecified atom stereocenters. The average molecular weight is 252 g/mol. The van der Waals surface area contributed by atoms with Crippen molar-refractivity contribution in [3.63, 3.8) is 0 Å². The highest BCUT2D eigenvalue weighted by Crippen LogP contribution is 2.32. The molecule has 19 heavy (non-hydrogen) atoms. The van der Waals surface area contributed by atoms with Crippen molar-refractivity contribution in [3.8, 4) is 0 Å². The molecule has 0 amide bonds. The minimum absolute atomic E-state index is 0. The summed E-state index contributed by atoms with van der Waals surface area (Å²) in [6.07, 6.45) is 5.22. The third-order valence-corrected chi connectivity index (χ3v) is 4.26. The van der Waals surface area contributed by atoms with Gasteiger partial charge in [0.1, 0.15) is 0 Å². The van der Waals surface area contributed by atoms with Crippen LogP contribution in [-0.2, 0) is 12.8 Å². The summed E-state index contributed by atoms with van der Waals surface area (Å²) in [6, 6.07) is 18.0. The van der Waals surface area contributed by atoms with E-state index >= 15 is 0 Å². The Balaban J connectivity index is 0.00000110. The first-order valence-electron chi connectivity index (χ1n) is 6.86. The molecule has 96 valence electrons. The van der Waals surface area contributed by atoms with E-state index in [1.807, 2.05) is 0 Å². The van der Waals surface area contributed by atoms with Crippen molar-refractivity contribution in [1.82, 2.24) is 0 Å². The van der Waals surface area contributed by atoms with Gasteiger partial charge >= 0.3 is 0 Å². The van der Waals surface area contributed by atoms with E-state index in [9.17, 15) is 0 Å². The first kappa shape index (κ1) is 12.2. The second-order valence-electron chi connectivity index (χ2n) is 5.29. The zero-order valence-electron chi connectivity index (χ0n) is 10.9. The van der Waals surface area contributed by atoms with Crippen molar-refractivity contribution in [3.05, 3.63) is 59.7 Å². The van der Waals surface area contributed by atoms with Gasteiger partial charge in [-0.25, -0.2) is 0 Å². The van der Waals surface area contributed by atoms with Gasteiger partial charge in [-0.1, -0.05) is 48.5 Å². The minimum Gasteiger partial charge on any atom is -0.269 e. The van der Waals surface area contributed by atoms with Gasteiger partial charge < -0.3 is 0 Å². The molecule has 1 aliphatic carbocycles. The summed E-state index contributed by atoms with van der Waals surface area (Å²) < 4.78 is 0. The van der Waals surface area contributed by atoms with Crippen molar-refractivity contribution in [1.29, 1.82) is 0 Å². The summed E-state index contributed by atoms with van der Waals surface area (Å²) in [4.78, 5) is 0. The second-order valence-corrected chi connectivity index (χ2v) is 5.29. The standard InChI is InChI=1S/C18H16.FH/c1-3-7-15-13(5-1)9-11-18-16-8-4-2-6-14(16)10-12-17(15)18;/h1,3,5,7,9-12H,2,4,6,8H2;1H. The topological polar surface area (TPSA) is 0 Å². The van der Waals surface area contributed by atoms with Gasteiger partial charge in [-0.15, -0.1) is 0 Å². The Morgan fingerprint density at radius 3 is 2.37 bits per heavy atom. The summed E-state index contributed by atoms with van der Waals surface area (Å²) in [6.45, 7) is 0. The number of benzene rings is 3. The summed E-state index contributed by atoms with van der Waals surface area (Å²) in [7, 11) is 0. The fourth-order valence-corrected chi connectivity index (χ4v) is 3.34. The first-order chi connectivity index (χ1) is 8.93. The van der Waals surface area contributed by atoms with E-state index in [4.69, 9.17) is 0 Å². The molecule has 0 fully saturated rings. The van der Waals surface area contributed by atoms with Crippen LogP contribution in [0, 0.1) is 0 Å². The molecule has 1 aliphatic rings. The Bertz CT molecular complexity index is 743. The lowest BCUT2D eigenvalue weighted by molar-refractivity contribution is 0.690. The zero-order valence-corrected chi connectivity index (χ0v) is 10.9. The van der Waals surface area contributed by atoms with Gasteiger partial charge in [-0.2, -0.15) is 0 Å². The number of fused-ring (bicyclic) bond motifs is 5. The van der Waals surface area contributed by atoms with Crippen molar-refractivity contribution in [2.45, 2.75) is 25.7 Å². The SMILES string of the molecule is F.c1ccc2c(c1)ccc1c3c(ccc12)CCCC3. The monoisotopic (exact) mass is 252 g/mol. The Labute approximate surface area is 112 Å². The van der Waals surface area contributed by atoms with Gasteiger partial charge in [0.25, 0.3) is 0 Å². The van der Waals surface area contributed by atoms with E-state index in [0.717, 1.165) is 0 Å². The first-order valence-corrected chi connectivity index (χ1v) is 6.86. The largest absolute Gasteiger partial charge is 0.269 e. The van der Waals surface area contributed by atoms with E-state index < -0.39 is 0 Å². The van der Waals surface area contributed by atoms with E-state index in [1.54, 1.807) is 11.1 Å². The van der Waals surface area contributed by atoms with Crippen LogP contribution in [0.3, 0.4) is 0 Å². The highest BCUT2D eigenvalue weighted by Gasteiger charge is 2.12. The van der Waals surface area contributed by atoms with E-state index in [2.05, 4.69) is 48.5 Å². The highest BCUT2D eigenvalue weighted by atomic mass is 19.0. The molecule has 0 aliphatic heterocycles. The predicted octanol–water partition coefficient (Wildman–Crippen LogP) is 5.02. The van der Waals surface area contributed by atoms with Gasteiger partial charge in [0, 0.05) is 0 Å². The van der Waals surface area contributed by atoms with Gasteiger partial charge in [0.05, 0.1) is 0 Å². The van der Waals surface area contributed by atoms with Crippen LogP contribution in [0.4, 0.5) is 4.70 Å². The molecule has 0 saturated heterocycles. The predicted molar refractivity (Wildman–Crippen MR) is 80.6 cm³/mol. The number of halogens is 1. The number of aryl methyl sites for hydroxylation is 2. The van der Waals surface area contributed by atoms with Gasteiger partial charge in [0.15, 0.2) is 0 Å². The Morgan fingerprint density at radius 1 is 0.632 bits per heavy atom. The molecule has 0 atom stereocenters. The fourth-order valence-electron chi connectivity index (χ4n) is 3.34. The maximum Gasteiger partial charge on any atom is -0.0102 e. The number of hydrogen-bond donors (Lipinski definition) is 0. The average Bonchev–Trinajstić information content (AvgIpc) is 2.46. The molecule has 0 aromatic heterocycles. The maximum atomic E-state index is 2.35. The lowest BCUT2D eigenvalue weighted by atomic mass is 9.86. The smallest absolute Gasteiger partial charge is 0.0102 e. The zero-order chi connectivity index (χ0) is 11.9. The lowest BCUT2D eigenvalue weighted by Crippen LogP contribution is -2.02. The Kier molecular flexibility index (Phi) is 2.98. The number of rotatable bonds is 0. The van der Waals surface area contributed by atoms with Crippen LogP contribution in [0.2, 0.25) is 0 Å². The molecular weight excluding hydrogens is 235 g/mol. The molecule has 0 radical (unpaired) electrons. The fraction of sp³-hybridized carbons (Fsp3) is 0.222. The molecule has 0 saturated carbocycles. The van der Waals surface area contributed by atoms with Crippen LogP contribution in [0.25, 0.3) is 21.5 Å². The molecule has 4 rings (SSSR count). The van der Waals surface area contributed by atoms with Crippen LogP contribution >= 0.6 is 0 Å². The molecule has 0 bridgehead atoms. The Morgan fingerprint density at radius 2 is 1.42 bits per heavy atom. The Hall–Kier alpha value is -1.89. The van der Waals surface area contributed by atoms with Crippen molar-refractivity contribution >= 4 is 21.5 Å². The second kappa shape index (κ2) is 4.65. The van der Waals surface area contributed by atoms with Crippen LogP contribution in [0.1, 0.15) is 24.0 Å². The summed E-state index contributed by atoms with van der Waals surface area (Å²) >= 11 is 0. The maximum absolute atomic E-state index is 2.35. The summed E-state index contributed by atoms with van der Waals surface area (Å²) in [5.74, 6) is 0. The van der Waals surface area contributed by atoms with E-state index in [-0.39, 0.29) is 4.70 Å². The van der Waals surface area contributed by atoms with Crippen LogP contribution in [0.5, 0.6) is 0 Å². The van der Waals surface area contributed by atoms with Gasteiger partial charge in [-0.05, 0) is 58.4 Å². The molecule has 1 heteroatoms. The molecule has 3 aromatic carbocycles. The van der Waals surface area contributed by atoms with Crippen molar-refractivity contribution < 1.29 is 4.70 Å². The van der Waals surface area contributed by atoms with E-state index in [0.29, 0.717) is 0 Å². The van der Waals surface area contributed by atoms with Crippen LogP contribution in [0.15, 0.2) is 48.5 Å². The third kappa shape index (κ3) is 1.81. The number of hydrogen-bond acceptors (Lipinski definition) is 0.